The first-order valence-electron chi connectivity index (χ1n) is 22.9. The molecule has 0 bridgehead atoms. The number of hydrogen-bond donors (Lipinski definition) is 4. The van der Waals surface area contributed by atoms with Crippen LogP contribution in [-0.2, 0) is 13.1 Å². The van der Waals surface area contributed by atoms with Crippen molar-refractivity contribution in [2.24, 2.45) is 22.1 Å². The van der Waals surface area contributed by atoms with Gasteiger partial charge in [-0.05, 0) is 112 Å². The second-order valence-electron chi connectivity index (χ2n) is 17.7. The summed E-state index contributed by atoms with van der Waals surface area (Å²) in [6.45, 7) is 5.16. The van der Waals surface area contributed by atoms with Crippen molar-refractivity contribution >= 4 is 39.7 Å². The van der Waals surface area contributed by atoms with Crippen LogP contribution in [0.5, 0.6) is 0 Å². The number of allylic oxidation sites excluding steroid dienone is 7. The van der Waals surface area contributed by atoms with E-state index < -0.39 is 6.03 Å². The van der Waals surface area contributed by atoms with Crippen LogP contribution < -0.4 is 21.7 Å². The van der Waals surface area contributed by atoms with Crippen LogP contribution in [-0.4, -0.2) is 26.8 Å². The Morgan fingerprint density at radius 2 is 1.66 bits per heavy atom. The lowest BCUT2D eigenvalue weighted by molar-refractivity contribution is 0.259. The minimum Gasteiger partial charge on any atom is -0.364 e. The molecule has 0 saturated carbocycles. The van der Waals surface area contributed by atoms with Gasteiger partial charge in [0.1, 0.15) is 11.7 Å². The van der Waals surface area contributed by atoms with E-state index in [1.807, 2.05) is 79.0 Å². The first kappa shape index (κ1) is 43.2. The quantitative estimate of drug-likeness (QED) is 0.101. The number of amides is 2. The molecule has 2 aliphatic carbocycles. The number of carbonyl (C=O) groups is 1. The van der Waals surface area contributed by atoms with E-state index in [9.17, 15) is 10.1 Å². The Morgan fingerprint density at radius 3 is 2.41 bits per heavy atom. The number of nitriles is 1. The molecular weight excluding hydrogens is 839 g/mol. The molecule has 3 aliphatic rings. The molecule has 2 amide bonds. The molecule has 10 heteroatoms. The van der Waals surface area contributed by atoms with Gasteiger partial charge in [0.15, 0.2) is 0 Å². The number of benzene rings is 4. The summed E-state index contributed by atoms with van der Waals surface area (Å²) in [6, 6.07) is 46.5. The number of aliphatic imine (C=N–C) groups is 1. The number of anilines is 2. The topological polar surface area (TPSA) is 154 Å². The lowest BCUT2D eigenvalue weighted by Crippen LogP contribution is -2.40. The molecule has 1 aliphatic heterocycles. The molecule has 2 unspecified atom stereocenters. The van der Waals surface area contributed by atoms with Crippen molar-refractivity contribution in [3.05, 3.63) is 216 Å². The monoisotopic (exact) mass is 887 g/mol. The molecule has 332 valence electrons. The molecule has 0 saturated heterocycles. The minimum absolute atomic E-state index is 0.180. The third-order valence-electron chi connectivity index (χ3n) is 12.8. The Kier molecular flexibility index (Phi) is 11.9. The Morgan fingerprint density at radius 1 is 0.868 bits per heavy atom. The van der Waals surface area contributed by atoms with Crippen molar-refractivity contribution in [3.63, 3.8) is 0 Å². The predicted octanol–water partition coefficient (Wildman–Crippen LogP) is 12.4. The largest absolute Gasteiger partial charge is 0.364 e. The van der Waals surface area contributed by atoms with E-state index in [0.717, 1.165) is 102 Å². The standard InChI is InChI=1S/C58H49N9O/c1-37-21-22-40(27-45(37)33-59)52-32-58(2)25-12-20-50(39-15-7-4-8-16-39)54(58)56(67-52)64-36-47-24-23-42(34-62-47)43-28-44(30-48(29-43)65-57(60)68)51-31-41-17-11-19-49(38-13-5-3-6-14-38)53(41)55(66-51)63-35-46-18-9-10-26-61-46/h3-20,22-24,26-32,34,37H,21,25,35-36H2,1-2H3,(H,63,66)(H,64,67)(H3,60,65,68). The van der Waals surface area contributed by atoms with Crippen LogP contribution in [0.2, 0.25) is 0 Å². The number of nitrogens with two attached hydrogens (primary N) is 1. The van der Waals surface area contributed by atoms with Crippen LogP contribution in [0.25, 0.3) is 49.9 Å². The maximum absolute atomic E-state index is 12.3. The van der Waals surface area contributed by atoms with Gasteiger partial charge in [0.05, 0.1) is 36.2 Å². The number of fused-ring (bicyclic) bond motifs is 2. The molecule has 0 radical (unpaired) electrons. The third kappa shape index (κ3) is 8.98. The van der Waals surface area contributed by atoms with Gasteiger partial charge in [0, 0.05) is 56.9 Å². The summed E-state index contributed by atoms with van der Waals surface area (Å²) in [5.41, 5.74) is 19.0. The van der Waals surface area contributed by atoms with Crippen molar-refractivity contribution in [1.82, 2.24) is 20.3 Å². The lowest BCUT2D eigenvalue weighted by Gasteiger charge is -2.39. The maximum Gasteiger partial charge on any atom is 0.316 e. The van der Waals surface area contributed by atoms with Gasteiger partial charge in [-0.2, -0.15) is 5.26 Å². The third-order valence-corrected chi connectivity index (χ3v) is 12.8. The fourth-order valence-electron chi connectivity index (χ4n) is 9.38. The number of primary amides is 1. The summed E-state index contributed by atoms with van der Waals surface area (Å²) in [6.07, 6.45) is 16.2. The molecule has 5 N–H and O–H groups in total. The number of carbonyl (C=O) groups excluding carboxylic acids is 1. The molecular formula is C58H49N9O. The smallest absolute Gasteiger partial charge is 0.316 e. The number of nitrogens with one attached hydrogen (secondary N) is 3. The van der Waals surface area contributed by atoms with Crippen molar-refractivity contribution < 1.29 is 4.79 Å². The fourth-order valence-corrected chi connectivity index (χ4v) is 9.38. The highest BCUT2D eigenvalue weighted by Crippen LogP contribution is 2.46. The average molecular weight is 888 g/mol. The normalized spacial score (nSPS) is 18.2. The number of amidine groups is 1. The highest BCUT2D eigenvalue weighted by atomic mass is 16.2. The molecule has 0 spiro atoms. The van der Waals surface area contributed by atoms with Crippen molar-refractivity contribution in [1.29, 1.82) is 5.26 Å². The van der Waals surface area contributed by atoms with E-state index in [-0.39, 0.29) is 11.3 Å². The predicted molar refractivity (Wildman–Crippen MR) is 274 cm³/mol. The number of pyridine rings is 3. The van der Waals surface area contributed by atoms with Gasteiger partial charge in [-0.3, -0.25) is 15.0 Å². The number of rotatable bonds is 11. The first-order chi connectivity index (χ1) is 33.2. The van der Waals surface area contributed by atoms with Crippen LogP contribution in [0.1, 0.15) is 43.6 Å². The van der Waals surface area contributed by atoms with Crippen molar-refractivity contribution in [3.8, 4) is 39.6 Å². The lowest BCUT2D eigenvalue weighted by atomic mass is 9.69. The molecule has 3 aromatic heterocycles. The zero-order valence-corrected chi connectivity index (χ0v) is 37.9. The molecule has 0 fully saturated rings. The highest BCUT2D eigenvalue weighted by molar-refractivity contribution is 6.11. The van der Waals surface area contributed by atoms with Gasteiger partial charge in [0.25, 0.3) is 0 Å². The van der Waals surface area contributed by atoms with E-state index in [1.54, 1.807) is 6.20 Å². The van der Waals surface area contributed by atoms with Gasteiger partial charge in [0.2, 0.25) is 0 Å². The molecule has 68 heavy (non-hydrogen) atoms. The van der Waals surface area contributed by atoms with Crippen LogP contribution in [0.15, 0.2) is 204 Å². The van der Waals surface area contributed by atoms with Gasteiger partial charge < -0.3 is 21.7 Å². The zero-order chi connectivity index (χ0) is 46.6. The Balaban J connectivity index is 1.00. The summed E-state index contributed by atoms with van der Waals surface area (Å²) in [5, 5.41) is 22.0. The number of urea groups is 1. The van der Waals surface area contributed by atoms with Crippen LogP contribution in [0.4, 0.5) is 16.3 Å². The van der Waals surface area contributed by atoms with Crippen LogP contribution in [0.3, 0.4) is 0 Å². The molecule has 10 rings (SSSR count). The summed E-state index contributed by atoms with van der Waals surface area (Å²) >= 11 is 0. The Hall–Kier alpha value is -8.68. The SMILES string of the molecule is CC1CC=C(C2=CC3(C)CC=CC(c4ccccc4)=C3C(=NCc3ccc(-c4cc(NC(N)=O)cc(-c5cc6cccc(-c7ccccc7)c6c(NCc6ccccn6)n5)c4)cn3)N2)C=C1C#N. The van der Waals surface area contributed by atoms with Gasteiger partial charge in [-0.1, -0.05) is 123 Å². The number of hydrogen-bond acceptors (Lipinski definition) is 7. The summed E-state index contributed by atoms with van der Waals surface area (Å²) in [5.74, 6) is 1.68. The zero-order valence-electron chi connectivity index (χ0n) is 37.9. The van der Waals surface area contributed by atoms with Crippen molar-refractivity contribution in [2.45, 2.75) is 39.8 Å². The summed E-state index contributed by atoms with van der Waals surface area (Å²) < 4.78 is 0. The first-order valence-corrected chi connectivity index (χ1v) is 22.9. The Bertz CT molecular complexity index is 3310. The second-order valence-corrected chi connectivity index (χ2v) is 17.7. The Labute approximate surface area is 396 Å². The van der Waals surface area contributed by atoms with E-state index in [2.05, 4.69) is 132 Å². The molecule has 2 atom stereocenters. The molecule has 10 nitrogen and oxygen atoms in total. The highest BCUT2D eigenvalue weighted by Gasteiger charge is 2.38. The summed E-state index contributed by atoms with van der Waals surface area (Å²) in [7, 11) is 0. The number of nitrogens with zero attached hydrogens (tertiary/aromatic N) is 5. The minimum atomic E-state index is -0.669. The maximum atomic E-state index is 12.3. The van der Waals surface area contributed by atoms with E-state index >= 15 is 0 Å². The number of aromatic nitrogens is 3. The van der Waals surface area contributed by atoms with Gasteiger partial charge in [-0.15, -0.1) is 0 Å². The van der Waals surface area contributed by atoms with Crippen molar-refractivity contribution in [2.75, 3.05) is 10.6 Å². The van der Waals surface area contributed by atoms with Gasteiger partial charge >= 0.3 is 6.03 Å². The van der Waals surface area contributed by atoms with Gasteiger partial charge in [-0.25, -0.2) is 9.78 Å². The van der Waals surface area contributed by atoms with E-state index in [1.165, 1.54) is 0 Å². The van der Waals surface area contributed by atoms with E-state index in [4.69, 9.17) is 20.7 Å². The van der Waals surface area contributed by atoms with E-state index in [0.29, 0.717) is 30.3 Å². The second kappa shape index (κ2) is 18.7. The van der Waals surface area contributed by atoms with Crippen LogP contribution >= 0.6 is 0 Å². The summed E-state index contributed by atoms with van der Waals surface area (Å²) in [4.78, 5) is 32.3. The molecule has 7 aromatic rings. The van der Waals surface area contributed by atoms with Crippen LogP contribution in [0, 0.1) is 22.7 Å². The fraction of sp³-hybridized carbons (Fsp3) is 0.138. The molecule has 4 aromatic carbocycles. The average Bonchev–Trinajstić information content (AvgIpc) is 3.37. The molecule has 4 heterocycles.